The van der Waals surface area contributed by atoms with Gasteiger partial charge in [-0.15, -0.1) is 0 Å². The maximum atomic E-state index is 12.1. The summed E-state index contributed by atoms with van der Waals surface area (Å²) in [7, 11) is 1.78. The van der Waals surface area contributed by atoms with Gasteiger partial charge in [0.1, 0.15) is 0 Å². The number of amides is 2. The lowest BCUT2D eigenvalue weighted by Crippen LogP contribution is -2.45. The first-order valence-corrected chi connectivity index (χ1v) is 6.13. The monoisotopic (exact) mass is 244 g/mol. The Morgan fingerprint density at radius 3 is 2.24 bits per heavy atom. The molecule has 17 heavy (non-hydrogen) atoms. The molecule has 0 spiro atoms. The number of nitrogens with zero attached hydrogens (tertiary/aromatic N) is 2. The second-order valence-electron chi connectivity index (χ2n) is 4.49. The molecule has 1 N–H and O–H groups in total. The van der Waals surface area contributed by atoms with E-state index in [4.69, 9.17) is 5.11 Å². The molecule has 0 heterocycles. The standard InChI is InChI=1S/C12H24N2O3/c1-5-8-13(4)12(17)14(10(2)3)9-6-7-11(15)16/h10H,5-9H2,1-4H3,(H,15,16). The number of aliphatic carboxylic acids is 1. The van der Waals surface area contributed by atoms with Crippen LogP contribution >= 0.6 is 0 Å². The summed E-state index contributed by atoms with van der Waals surface area (Å²) in [6.45, 7) is 7.13. The zero-order valence-corrected chi connectivity index (χ0v) is 11.3. The van der Waals surface area contributed by atoms with E-state index in [9.17, 15) is 9.59 Å². The Hall–Kier alpha value is -1.26. The first-order chi connectivity index (χ1) is 7.90. The van der Waals surface area contributed by atoms with Gasteiger partial charge in [-0.05, 0) is 26.7 Å². The molecular formula is C12H24N2O3. The largest absolute Gasteiger partial charge is 0.481 e. The number of hydrogen-bond donors (Lipinski definition) is 1. The molecule has 0 bridgehead atoms. The lowest BCUT2D eigenvalue weighted by molar-refractivity contribution is -0.137. The molecule has 2 amide bonds. The van der Waals surface area contributed by atoms with Gasteiger partial charge in [-0.2, -0.15) is 0 Å². The summed E-state index contributed by atoms with van der Waals surface area (Å²) in [6, 6.07) is 0.0721. The summed E-state index contributed by atoms with van der Waals surface area (Å²) in [6.07, 6.45) is 1.52. The molecule has 0 aromatic carbocycles. The highest BCUT2D eigenvalue weighted by molar-refractivity contribution is 5.74. The fourth-order valence-electron chi connectivity index (χ4n) is 1.63. The Kier molecular flexibility index (Phi) is 7.34. The smallest absolute Gasteiger partial charge is 0.319 e. The number of carbonyl (C=O) groups is 2. The van der Waals surface area contributed by atoms with Crippen molar-refractivity contribution in [3.05, 3.63) is 0 Å². The predicted octanol–water partition coefficient (Wildman–Crippen LogP) is 2.02. The molecule has 0 aromatic rings. The van der Waals surface area contributed by atoms with E-state index in [1.807, 2.05) is 20.8 Å². The van der Waals surface area contributed by atoms with Crippen LogP contribution in [0.25, 0.3) is 0 Å². The average molecular weight is 244 g/mol. The summed E-state index contributed by atoms with van der Waals surface area (Å²) in [4.78, 5) is 25.9. The fourth-order valence-corrected chi connectivity index (χ4v) is 1.63. The van der Waals surface area contributed by atoms with Gasteiger partial charge in [0.25, 0.3) is 0 Å². The summed E-state index contributed by atoms with van der Waals surface area (Å²) in [5.74, 6) is -0.817. The maximum absolute atomic E-state index is 12.1. The maximum Gasteiger partial charge on any atom is 0.319 e. The van der Waals surface area contributed by atoms with Crippen molar-refractivity contribution >= 4 is 12.0 Å². The second-order valence-corrected chi connectivity index (χ2v) is 4.49. The third-order valence-electron chi connectivity index (χ3n) is 2.54. The van der Waals surface area contributed by atoms with E-state index in [-0.39, 0.29) is 18.5 Å². The predicted molar refractivity (Wildman–Crippen MR) is 67.0 cm³/mol. The molecule has 0 aromatic heterocycles. The molecule has 0 atom stereocenters. The minimum Gasteiger partial charge on any atom is -0.481 e. The fraction of sp³-hybridized carbons (Fsp3) is 0.833. The number of carbonyl (C=O) groups excluding carboxylic acids is 1. The molecule has 0 aliphatic rings. The van der Waals surface area contributed by atoms with Crippen molar-refractivity contribution in [3.8, 4) is 0 Å². The van der Waals surface area contributed by atoms with Gasteiger partial charge in [0.05, 0.1) is 0 Å². The first-order valence-electron chi connectivity index (χ1n) is 6.13. The van der Waals surface area contributed by atoms with Gasteiger partial charge in [-0.1, -0.05) is 6.92 Å². The third-order valence-corrected chi connectivity index (χ3v) is 2.54. The summed E-state index contributed by atoms with van der Waals surface area (Å²) in [5.41, 5.74) is 0. The van der Waals surface area contributed by atoms with Gasteiger partial charge in [0.2, 0.25) is 0 Å². The molecular weight excluding hydrogens is 220 g/mol. The van der Waals surface area contributed by atoms with Gasteiger partial charge in [0.15, 0.2) is 0 Å². The molecule has 5 heteroatoms. The normalized spacial score (nSPS) is 10.4. The number of rotatable bonds is 7. The molecule has 5 nitrogen and oxygen atoms in total. The number of hydrogen-bond acceptors (Lipinski definition) is 2. The van der Waals surface area contributed by atoms with Crippen molar-refractivity contribution in [1.29, 1.82) is 0 Å². The van der Waals surface area contributed by atoms with E-state index in [1.54, 1.807) is 16.8 Å². The van der Waals surface area contributed by atoms with E-state index in [0.29, 0.717) is 13.0 Å². The number of urea groups is 1. The van der Waals surface area contributed by atoms with Crippen LogP contribution in [0.4, 0.5) is 4.79 Å². The number of carboxylic acids is 1. The van der Waals surface area contributed by atoms with Crippen LogP contribution in [0, 0.1) is 0 Å². The minimum absolute atomic E-state index is 0.0211. The lowest BCUT2D eigenvalue weighted by atomic mass is 10.2. The molecule has 100 valence electrons. The summed E-state index contributed by atoms with van der Waals surface area (Å²) >= 11 is 0. The molecule has 0 saturated carbocycles. The van der Waals surface area contributed by atoms with Crippen LogP contribution in [0.1, 0.15) is 40.0 Å². The van der Waals surface area contributed by atoms with Crippen molar-refractivity contribution in [2.45, 2.75) is 46.1 Å². The van der Waals surface area contributed by atoms with Crippen LogP contribution in [0.3, 0.4) is 0 Å². The number of carboxylic acid groups (broad SMARTS) is 1. The average Bonchev–Trinajstić information content (AvgIpc) is 2.23. The van der Waals surface area contributed by atoms with Crippen LogP contribution in [0.15, 0.2) is 0 Å². The summed E-state index contributed by atoms with van der Waals surface area (Å²) < 4.78 is 0. The van der Waals surface area contributed by atoms with Gasteiger partial charge in [0, 0.05) is 32.6 Å². The second kappa shape index (κ2) is 7.92. The Morgan fingerprint density at radius 2 is 1.82 bits per heavy atom. The zero-order valence-electron chi connectivity index (χ0n) is 11.3. The van der Waals surface area contributed by atoms with Crippen molar-refractivity contribution in [1.82, 2.24) is 9.80 Å². The van der Waals surface area contributed by atoms with Crippen molar-refractivity contribution in [2.75, 3.05) is 20.1 Å². The van der Waals surface area contributed by atoms with Gasteiger partial charge < -0.3 is 14.9 Å². The van der Waals surface area contributed by atoms with Crippen LogP contribution in [0.5, 0.6) is 0 Å². The van der Waals surface area contributed by atoms with E-state index < -0.39 is 5.97 Å². The van der Waals surface area contributed by atoms with E-state index in [2.05, 4.69) is 0 Å². The Bertz CT molecular complexity index is 254. The Morgan fingerprint density at radius 1 is 1.24 bits per heavy atom. The zero-order chi connectivity index (χ0) is 13.4. The SMILES string of the molecule is CCCN(C)C(=O)N(CCCC(=O)O)C(C)C. The molecule has 0 fully saturated rings. The van der Waals surface area contributed by atoms with Crippen LogP contribution < -0.4 is 0 Å². The highest BCUT2D eigenvalue weighted by atomic mass is 16.4. The molecule has 0 aliphatic carbocycles. The minimum atomic E-state index is -0.817. The summed E-state index contributed by atoms with van der Waals surface area (Å²) in [5, 5.41) is 8.58. The molecule has 0 aliphatic heterocycles. The third kappa shape index (κ3) is 6.14. The molecule has 0 rings (SSSR count). The Balaban J connectivity index is 4.31. The quantitative estimate of drug-likeness (QED) is 0.745. The lowest BCUT2D eigenvalue weighted by Gasteiger charge is -2.31. The van der Waals surface area contributed by atoms with Crippen LogP contribution in [-0.4, -0.2) is 53.1 Å². The van der Waals surface area contributed by atoms with Gasteiger partial charge in [-0.25, -0.2) is 4.79 Å². The first kappa shape index (κ1) is 15.7. The highest BCUT2D eigenvalue weighted by Crippen LogP contribution is 2.06. The highest BCUT2D eigenvalue weighted by Gasteiger charge is 2.19. The van der Waals surface area contributed by atoms with Gasteiger partial charge in [-0.3, -0.25) is 4.79 Å². The Labute approximate surface area is 103 Å². The van der Waals surface area contributed by atoms with E-state index >= 15 is 0 Å². The van der Waals surface area contributed by atoms with E-state index in [1.165, 1.54) is 0 Å². The molecule has 0 unspecified atom stereocenters. The molecule has 0 saturated heterocycles. The molecule has 0 radical (unpaired) electrons. The van der Waals surface area contributed by atoms with E-state index in [0.717, 1.165) is 13.0 Å². The van der Waals surface area contributed by atoms with Crippen LogP contribution in [-0.2, 0) is 4.79 Å². The van der Waals surface area contributed by atoms with Crippen molar-refractivity contribution in [3.63, 3.8) is 0 Å². The van der Waals surface area contributed by atoms with Gasteiger partial charge >= 0.3 is 12.0 Å². The van der Waals surface area contributed by atoms with Crippen LogP contribution in [0.2, 0.25) is 0 Å². The topological polar surface area (TPSA) is 60.9 Å². The van der Waals surface area contributed by atoms with Crippen molar-refractivity contribution in [2.24, 2.45) is 0 Å². The van der Waals surface area contributed by atoms with Crippen molar-refractivity contribution < 1.29 is 14.7 Å².